The lowest BCUT2D eigenvalue weighted by Gasteiger charge is -2.05. The van der Waals surface area contributed by atoms with E-state index in [1.807, 2.05) is 31.3 Å². The van der Waals surface area contributed by atoms with Gasteiger partial charge in [0, 0.05) is 16.7 Å². The molecular weight excluding hydrogens is 545 g/mol. The molecule has 0 atom stereocenters. The molecule has 5 nitrogen and oxygen atoms in total. The summed E-state index contributed by atoms with van der Waals surface area (Å²) in [5.74, 6) is 0.900. The van der Waals surface area contributed by atoms with Crippen molar-refractivity contribution in [3.05, 3.63) is 84.2 Å². The average molecular weight is 562 g/mol. The van der Waals surface area contributed by atoms with Gasteiger partial charge in [-0.15, -0.1) is 0 Å². The molecule has 142 valence electrons. The summed E-state index contributed by atoms with van der Waals surface area (Å²) in [6.45, 7) is 1.82. The maximum absolute atomic E-state index is 10.4. The van der Waals surface area contributed by atoms with Crippen molar-refractivity contribution in [1.29, 1.82) is 0 Å². The predicted molar refractivity (Wildman–Crippen MR) is 101 cm³/mol. The van der Waals surface area contributed by atoms with Gasteiger partial charge in [0.05, 0.1) is 12.0 Å². The first kappa shape index (κ1) is 21.8. The van der Waals surface area contributed by atoms with E-state index < -0.39 is 10.1 Å². The number of nitrogens with zero attached hydrogens (tertiary/aromatic N) is 1. The van der Waals surface area contributed by atoms with E-state index >= 15 is 0 Å². The minimum Gasteiger partial charge on any atom is -0.744 e. The second-order valence-electron chi connectivity index (χ2n) is 5.32. The Morgan fingerprint density at radius 1 is 1.00 bits per heavy atom. The molecule has 3 aromatic rings. The Balaban J connectivity index is 0.000000208. The first-order valence-electron chi connectivity index (χ1n) is 7.71. The lowest BCUT2D eigenvalue weighted by atomic mass is 10.2. The van der Waals surface area contributed by atoms with E-state index in [2.05, 4.69) is 39.1 Å². The summed E-state index contributed by atoms with van der Waals surface area (Å²) in [6, 6.07) is 18.1. The molecule has 1 aromatic heterocycles. The molecule has 27 heavy (non-hydrogen) atoms. The molecule has 0 aliphatic rings. The Morgan fingerprint density at radius 2 is 1.63 bits per heavy atom. The Labute approximate surface area is 177 Å². The van der Waals surface area contributed by atoms with Crippen LogP contribution in [0.2, 0.25) is 0 Å². The Hall–Kier alpha value is -1.49. The quantitative estimate of drug-likeness (QED) is 0.268. The topological polar surface area (TPSA) is 79.3 Å². The standard InChI is InChI=1S/C12H10BrINO.C7H8O3S/c1-16-11-5-3-10(4-6-11)14-12-7-2-9(13)8-15-12;1-6-2-4-7(5-3-6)11(8,9)10/h2-8H,1H3;2-5H,1H3,(H,8,9,10)/q+1;/p-1. The number of halogens is 2. The Morgan fingerprint density at radius 3 is 2.11 bits per heavy atom. The molecule has 0 aliphatic carbocycles. The average Bonchev–Trinajstić information content (AvgIpc) is 2.64. The summed E-state index contributed by atoms with van der Waals surface area (Å²) >= 11 is 3.19. The zero-order valence-corrected chi connectivity index (χ0v) is 19.2. The number of hydrogen-bond donors (Lipinski definition) is 0. The van der Waals surface area contributed by atoms with Crippen molar-refractivity contribution in [1.82, 2.24) is 4.98 Å². The number of hydrogen-bond acceptors (Lipinski definition) is 5. The summed E-state index contributed by atoms with van der Waals surface area (Å²) in [4.78, 5) is 4.21. The molecule has 0 unspecified atom stereocenters. The van der Waals surface area contributed by atoms with E-state index in [4.69, 9.17) is 4.74 Å². The first-order chi connectivity index (χ1) is 12.8. The second-order valence-corrected chi connectivity index (χ2v) is 10.5. The molecule has 0 N–H and O–H groups in total. The number of methoxy groups -OCH3 is 1. The monoisotopic (exact) mass is 561 g/mol. The molecule has 0 spiro atoms. The molecule has 0 amide bonds. The fourth-order valence-corrected chi connectivity index (χ4v) is 4.56. The summed E-state index contributed by atoms with van der Waals surface area (Å²) in [7, 11) is -2.59. The second kappa shape index (κ2) is 10.2. The number of rotatable bonds is 4. The summed E-state index contributed by atoms with van der Waals surface area (Å²) < 4.78 is 39.8. The highest BCUT2D eigenvalue weighted by Gasteiger charge is 2.16. The van der Waals surface area contributed by atoms with Crippen LogP contribution in [0.3, 0.4) is 0 Å². The number of ether oxygens (including phenoxy) is 1. The molecule has 0 saturated carbocycles. The van der Waals surface area contributed by atoms with Crippen LogP contribution in [-0.2, 0) is 10.1 Å². The molecule has 3 rings (SSSR count). The molecule has 1 heterocycles. The van der Waals surface area contributed by atoms with Crippen LogP contribution in [0.5, 0.6) is 5.75 Å². The van der Waals surface area contributed by atoms with Crippen molar-refractivity contribution in [3.63, 3.8) is 0 Å². The highest BCUT2D eigenvalue weighted by atomic mass is 127. The predicted octanol–water partition coefficient (Wildman–Crippen LogP) is 0.880. The van der Waals surface area contributed by atoms with Crippen molar-refractivity contribution in [3.8, 4) is 5.75 Å². The van der Waals surface area contributed by atoms with Crippen molar-refractivity contribution < 1.29 is 38.9 Å². The van der Waals surface area contributed by atoms with Crippen molar-refractivity contribution >= 4 is 26.0 Å². The zero-order chi connectivity index (χ0) is 19.9. The van der Waals surface area contributed by atoms with Crippen LogP contribution in [0.4, 0.5) is 0 Å². The van der Waals surface area contributed by atoms with Gasteiger partial charge >= 0.3 is 21.2 Å². The third-order valence-corrected chi connectivity index (χ3v) is 7.11. The van der Waals surface area contributed by atoms with Gasteiger partial charge in [-0.25, -0.2) is 13.4 Å². The van der Waals surface area contributed by atoms with Crippen LogP contribution in [0.1, 0.15) is 5.56 Å². The zero-order valence-electron chi connectivity index (χ0n) is 14.6. The first-order valence-corrected chi connectivity index (χ1v) is 12.1. The Bertz CT molecular complexity index is 960. The molecule has 8 heteroatoms. The minimum absolute atomic E-state index is 0.178. The highest BCUT2D eigenvalue weighted by Crippen LogP contribution is 2.08. The van der Waals surface area contributed by atoms with Gasteiger partial charge in [-0.1, -0.05) is 17.7 Å². The van der Waals surface area contributed by atoms with Gasteiger partial charge in [0.15, 0.2) is 3.57 Å². The van der Waals surface area contributed by atoms with Crippen molar-refractivity contribution in [2.24, 2.45) is 0 Å². The smallest absolute Gasteiger partial charge is 0.379 e. The summed E-state index contributed by atoms with van der Waals surface area (Å²) in [5.41, 5.74) is 0.928. The fraction of sp³-hybridized carbons (Fsp3) is 0.105. The molecule has 0 bridgehead atoms. The van der Waals surface area contributed by atoms with E-state index in [0.717, 1.165) is 15.8 Å². The lowest BCUT2D eigenvalue weighted by molar-refractivity contribution is -0.603. The number of benzene rings is 2. The van der Waals surface area contributed by atoms with Crippen LogP contribution in [-0.4, -0.2) is 25.1 Å². The molecule has 2 aromatic carbocycles. The fourth-order valence-electron chi connectivity index (χ4n) is 1.86. The maximum atomic E-state index is 10.4. The minimum atomic E-state index is -4.27. The van der Waals surface area contributed by atoms with Crippen LogP contribution in [0, 0.1) is 14.2 Å². The molecule has 0 aliphatic heterocycles. The third-order valence-electron chi connectivity index (χ3n) is 3.26. The Kier molecular flexibility index (Phi) is 8.21. The highest BCUT2D eigenvalue weighted by molar-refractivity contribution is 9.10. The van der Waals surface area contributed by atoms with Gasteiger partial charge in [-0.2, -0.15) is 0 Å². The van der Waals surface area contributed by atoms with Gasteiger partial charge in [0.1, 0.15) is 15.9 Å². The number of aryl methyl sites for hydroxylation is 1. The van der Waals surface area contributed by atoms with Gasteiger partial charge in [0.2, 0.25) is 0 Å². The van der Waals surface area contributed by atoms with Crippen LogP contribution < -0.4 is 25.9 Å². The van der Waals surface area contributed by atoms with E-state index in [1.54, 1.807) is 19.2 Å². The van der Waals surface area contributed by atoms with E-state index in [-0.39, 0.29) is 26.1 Å². The normalized spacial score (nSPS) is 10.7. The van der Waals surface area contributed by atoms with E-state index in [9.17, 15) is 13.0 Å². The van der Waals surface area contributed by atoms with Gasteiger partial charge in [-0.05, 0) is 65.3 Å². The van der Waals surface area contributed by atoms with Gasteiger partial charge in [0.25, 0.3) is 3.70 Å². The molecule has 0 radical (unpaired) electrons. The number of pyridine rings is 1. The van der Waals surface area contributed by atoms with E-state index in [0.29, 0.717) is 0 Å². The SMILES string of the molecule is COc1ccc([I+]c2ccc(Br)cn2)cc1.Cc1ccc(S(=O)(=O)[O-])cc1. The van der Waals surface area contributed by atoms with Gasteiger partial charge < -0.3 is 9.29 Å². The van der Waals surface area contributed by atoms with Crippen LogP contribution >= 0.6 is 15.9 Å². The van der Waals surface area contributed by atoms with Gasteiger partial charge in [-0.3, -0.25) is 0 Å². The largest absolute Gasteiger partial charge is 0.744 e. The van der Waals surface area contributed by atoms with Crippen molar-refractivity contribution in [2.75, 3.05) is 7.11 Å². The third kappa shape index (κ3) is 7.57. The summed E-state index contributed by atoms with van der Waals surface area (Å²) in [6.07, 6.45) is 1.85. The van der Waals surface area contributed by atoms with Crippen LogP contribution in [0.15, 0.2) is 76.2 Å². The van der Waals surface area contributed by atoms with Crippen molar-refractivity contribution in [2.45, 2.75) is 11.8 Å². The number of aromatic nitrogens is 1. The van der Waals surface area contributed by atoms with E-state index in [1.165, 1.54) is 19.4 Å². The molecule has 0 saturated heterocycles. The summed E-state index contributed by atoms with van der Waals surface area (Å²) in [5, 5.41) is 0. The van der Waals surface area contributed by atoms with Crippen LogP contribution in [0.25, 0.3) is 0 Å². The molecular formula is C19H17BrINO4S. The molecule has 0 fully saturated rings. The lowest BCUT2D eigenvalue weighted by Crippen LogP contribution is -3.62. The maximum Gasteiger partial charge on any atom is 0.379 e.